The Labute approximate surface area is 142 Å². The fourth-order valence-electron chi connectivity index (χ4n) is 2.11. The number of anilines is 1. The van der Waals surface area contributed by atoms with Crippen LogP contribution in [0.5, 0.6) is 17.2 Å². The van der Waals surface area contributed by atoms with Crippen LogP contribution in [0.4, 0.5) is 5.69 Å². The highest BCUT2D eigenvalue weighted by atomic mass is 16.5. The van der Waals surface area contributed by atoms with Gasteiger partial charge in [0, 0.05) is 17.8 Å². The molecule has 0 aliphatic carbocycles. The van der Waals surface area contributed by atoms with E-state index < -0.39 is 0 Å². The van der Waals surface area contributed by atoms with E-state index in [9.17, 15) is 4.79 Å². The molecule has 5 nitrogen and oxygen atoms in total. The number of amides is 1. The third-order valence-electron chi connectivity index (χ3n) is 3.33. The second kappa shape index (κ2) is 8.24. The van der Waals surface area contributed by atoms with Crippen molar-refractivity contribution in [3.8, 4) is 17.2 Å². The van der Waals surface area contributed by atoms with Crippen LogP contribution in [0.1, 0.15) is 24.2 Å². The van der Waals surface area contributed by atoms with Crippen LogP contribution >= 0.6 is 0 Å². The maximum absolute atomic E-state index is 12.5. The minimum atomic E-state index is -0.254. The number of hydrogen-bond donors (Lipinski definition) is 1. The molecule has 0 saturated carbocycles. The van der Waals surface area contributed by atoms with Crippen LogP contribution in [0.25, 0.3) is 0 Å². The number of nitrogens with one attached hydrogen (secondary N) is 1. The van der Waals surface area contributed by atoms with E-state index in [1.807, 2.05) is 18.2 Å². The van der Waals surface area contributed by atoms with Gasteiger partial charge in [-0.05, 0) is 30.2 Å². The van der Waals surface area contributed by atoms with Crippen LogP contribution in [0.3, 0.4) is 0 Å². The lowest BCUT2D eigenvalue weighted by molar-refractivity contribution is 0.102. The minimum Gasteiger partial charge on any atom is -0.497 e. The van der Waals surface area contributed by atoms with Crippen molar-refractivity contribution in [3.63, 3.8) is 0 Å². The minimum absolute atomic E-state index is 0.254. The summed E-state index contributed by atoms with van der Waals surface area (Å²) in [7, 11) is 3.09. The topological polar surface area (TPSA) is 56.8 Å². The molecule has 1 amide bonds. The number of carbonyl (C=O) groups excluding carboxylic acids is 1. The van der Waals surface area contributed by atoms with Gasteiger partial charge in [0.15, 0.2) is 0 Å². The first-order chi connectivity index (χ1) is 11.5. The monoisotopic (exact) mass is 329 g/mol. The number of carbonyl (C=O) groups is 1. The number of rotatable bonds is 7. The molecule has 0 bridgehead atoms. The lowest BCUT2D eigenvalue weighted by atomic mass is 10.1. The van der Waals surface area contributed by atoms with Gasteiger partial charge in [0.05, 0.1) is 26.4 Å². The lowest BCUT2D eigenvalue weighted by Crippen LogP contribution is -2.13. The maximum Gasteiger partial charge on any atom is 0.259 e. The highest BCUT2D eigenvalue weighted by Crippen LogP contribution is 2.26. The summed E-state index contributed by atoms with van der Waals surface area (Å²) in [6, 6.07) is 12.4. The zero-order chi connectivity index (χ0) is 17.5. The Bertz CT molecular complexity index is 698. The van der Waals surface area contributed by atoms with Crippen LogP contribution in [0, 0.1) is 5.92 Å². The van der Waals surface area contributed by atoms with E-state index in [0.29, 0.717) is 35.3 Å². The fourth-order valence-corrected chi connectivity index (χ4v) is 2.11. The van der Waals surface area contributed by atoms with E-state index in [1.165, 1.54) is 7.11 Å². The Kier molecular flexibility index (Phi) is 6.07. The number of methoxy groups -OCH3 is 2. The Morgan fingerprint density at radius 1 is 1.04 bits per heavy atom. The zero-order valence-electron chi connectivity index (χ0n) is 14.5. The van der Waals surface area contributed by atoms with Crippen LogP contribution < -0.4 is 19.5 Å². The van der Waals surface area contributed by atoms with Crippen molar-refractivity contribution in [2.45, 2.75) is 13.8 Å². The van der Waals surface area contributed by atoms with Crippen molar-refractivity contribution in [2.75, 3.05) is 26.1 Å². The average molecular weight is 329 g/mol. The van der Waals surface area contributed by atoms with E-state index in [2.05, 4.69) is 19.2 Å². The van der Waals surface area contributed by atoms with Crippen molar-refractivity contribution < 1.29 is 19.0 Å². The molecular weight excluding hydrogens is 306 g/mol. The van der Waals surface area contributed by atoms with Crippen LogP contribution in [0.2, 0.25) is 0 Å². The summed E-state index contributed by atoms with van der Waals surface area (Å²) < 4.78 is 16.1. The molecule has 2 rings (SSSR count). The van der Waals surface area contributed by atoms with Gasteiger partial charge in [0.2, 0.25) is 0 Å². The summed E-state index contributed by atoms with van der Waals surface area (Å²) >= 11 is 0. The van der Waals surface area contributed by atoms with Gasteiger partial charge < -0.3 is 19.5 Å². The molecule has 0 unspecified atom stereocenters. The van der Waals surface area contributed by atoms with Crippen LogP contribution in [-0.4, -0.2) is 26.7 Å². The van der Waals surface area contributed by atoms with E-state index in [1.54, 1.807) is 31.4 Å². The van der Waals surface area contributed by atoms with Gasteiger partial charge in [-0.1, -0.05) is 19.9 Å². The first-order valence-electron chi connectivity index (χ1n) is 7.79. The molecule has 2 aromatic carbocycles. The Morgan fingerprint density at radius 3 is 2.50 bits per heavy atom. The average Bonchev–Trinajstić information content (AvgIpc) is 2.59. The molecule has 0 fully saturated rings. The third kappa shape index (κ3) is 4.65. The molecule has 2 aromatic rings. The number of ether oxygens (including phenoxy) is 3. The van der Waals surface area contributed by atoms with Crippen molar-refractivity contribution in [2.24, 2.45) is 5.92 Å². The first kappa shape index (κ1) is 17.7. The van der Waals surface area contributed by atoms with Crippen molar-refractivity contribution >= 4 is 11.6 Å². The Balaban J connectivity index is 2.13. The highest BCUT2D eigenvalue weighted by Gasteiger charge is 2.14. The smallest absolute Gasteiger partial charge is 0.259 e. The van der Waals surface area contributed by atoms with E-state index in [4.69, 9.17) is 14.2 Å². The standard InChI is InChI=1S/C19H23NO4/c1-13(2)12-24-16-7-5-6-14(10-16)20-19(21)17-9-8-15(22-3)11-18(17)23-4/h5-11,13H,12H2,1-4H3,(H,20,21). The fraction of sp³-hybridized carbons (Fsp3) is 0.316. The molecule has 0 aromatic heterocycles. The van der Waals surface area contributed by atoms with E-state index >= 15 is 0 Å². The van der Waals surface area contributed by atoms with Gasteiger partial charge in [0.25, 0.3) is 5.91 Å². The highest BCUT2D eigenvalue weighted by molar-refractivity contribution is 6.06. The molecular formula is C19H23NO4. The Hall–Kier alpha value is -2.69. The van der Waals surface area contributed by atoms with Gasteiger partial charge >= 0.3 is 0 Å². The van der Waals surface area contributed by atoms with Gasteiger partial charge in [0.1, 0.15) is 17.2 Å². The van der Waals surface area contributed by atoms with Gasteiger partial charge in [-0.3, -0.25) is 4.79 Å². The molecule has 0 aliphatic rings. The van der Waals surface area contributed by atoms with E-state index in [-0.39, 0.29) is 5.91 Å². The molecule has 24 heavy (non-hydrogen) atoms. The molecule has 0 radical (unpaired) electrons. The summed E-state index contributed by atoms with van der Waals surface area (Å²) in [5.41, 5.74) is 1.10. The molecule has 0 aliphatic heterocycles. The second-order valence-corrected chi connectivity index (χ2v) is 5.75. The first-order valence-corrected chi connectivity index (χ1v) is 7.79. The summed E-state index contributed by atoms with van der Waals surface area (Å²) in [6.45, 7) is 4.80. The van der Waals surface area contributed by atoms with Gasteiger partial charge in [-0.2, -0.15) is 0 Å². The van der Waals surface area contributed by atoms with E-state index in [0.717, 1.165) is 5.75 Å². The van der Waals surface area contributed by atoms with Crippen molar-refractivity contribution in [3.05, 3.63) is 48.0 Å². The quantitative estimate of drug-likeness (QED) is 0.834. The molecule has 5 heteroatoms. The number of hydrogen-bond acceptors (Lipinski definition) is 4. The Morgan fingerprint density at radius 2 is 1.83 bits per heavy atom. The van der Waals surface area contributed by atoms with Gasteiger partial charge in [-0.25, -0.2) is 0 Å². The van der Waals surface area contributed by atoms with Gasteiger partial charge in [-0.15, -0.1) is 0 Å². The summed E-state index contributed by atoms with van der Waals surface area (Å²) in [5, 5.41) is 2.86. The predicted molar refractivity (Wildman–Crippen MR) is 94.3 cm³/mol. The van der Waals surface area contributed by atoms with Crippen LogP contribution in [-0.2, 0) is 0 Å². The molecule has 0 atom stereocenters. The summed E-state index contributed by atoms with van der Waals surface area (Å²) in [6.07, 6.45) is 0. The third-order valence-corrected chi connectivity index (χ3v) is 3.33. The summed E-state index contributed by atoms with van der Waals surface area (Å²) in [5.74, 6) is 2.00. The normalized spacial score (nSPS) is 10.4. The summed E-state index contributed by atoms with van der Waals surface area (Å²) in [4.78, 5) is 12.5. The molecule has 0 spiro atoms. The molecule has 1 N–H and O–H groups in total. The second-order valence-electron chi connectivity index (χ2n) is 5.75. The number of benzene rings is 2. The maximum atomic E-state index is 12.5. The lowest BCUT2D eigenvalue weighted by Gasteiger charge is -2.12. The molecule has 0 heterocycles. The van der Waals surface area contributed by atoms with Crippen LogP contribution in [0.15, 0.2) is 42.5 Å². The van der Waals surface area contributed by atoms with Crippen molar-refractivity contribution in [1.29, 1.82) is 0 Å². The molecule has 128 valence electrons. The zero-order valence-corrected chi connectivity index (χ0v) is 14.5. The van der Waals surface area contributed by atoms with Crippen molar-refractivity contribution in [1.82, 2.24) is 0 Å². The molecule has 0 saturated heterocycles. The largest absolute Gasteiger partial charge is 0.497 e. The predicted octanol–water partition coefficient (Wildman–Crippen LogP) is 3.99. The SMILES string of the molecule is COc1ccc(C(=O)Nc2cccc(OCC(C)C)c2)c(OC)c1.